The Labute approximate surface area is 125 Å². The molecule has 5 atom stereocenters. The highest BCUT2D eigenvalue weighted by atomic mass is 16.6. The monoisotopic (exact) mass is 301 g/mol. The highest BCUT2D eigenvalue weighted by Crippen LogP contribution is 2.39. The number of fused-ring (bicyclic) bond motifs is 1. The summed E-state index contributed by atoms with van der Waals surface area (Å²) in [5, 5.41) is 32.5. The summed E-state index contributed by atoms with van der Waals surface area (Å²) in [5.41, 5.74) is -1.89. The first kappa shape index (κ1) is 16.7. The summed E-state index contributed by atoms with van der Waals surface area (Å²) in [6, 6.07) is 0.0245. The quantitative estimate of drug-likeness (QED) is 0.445. The minimum absolute atomic E-state index is 0.0245. The Balaban J connectivity index is 1.95. The molecule has 6 nitrogen and oxygen atoms in total. The van der Waals surface area contributed by atoms with Gasteiger partial charge in [-0.3, -0.25) is 0 Å². The second-order valence-electron chi connectivity index (χ2n) is 6.91. The van der Waals surface area contributed by atoms with Crippen molar-refractivity contribution in [1.29, 1.82) is 0 Å². The van der Waals surface area contributed by atoms with Crippen LogP contribution in [0.15, 0.2) is 0 Å². The lowest BCUT2D eigenvalue weighted by Gasteiger charge is -2.40. The average Bonchev–Trinajstić information content (AvgIpc) is 2.91. The Morgan fingerprint density at radius 3 is 2.62 bits per heavy atom. The van der Waals surface area contributed by atoms with E-state index in [1.807, 2.05) is 0 Å². The van der Waals surface area contributed by atoms with Gasteiger partial charge >= 0.3 is 5.97 Å². The summed E-state index contributed by atoms with van der Waals surface area (Å²) in [7, 11) is 0. The maximum atomic E-state index is 12.4. The zero-order valence-electron chi connectivity index (χ0n) is 13.1. The lowest BCUT2D eigenvalue weighted by atomic mass is 9.85. The maximum absolute atomic E-state index is 12.4. The van der Waals surface area contributed by atoms with Crippen LogP contribution in [0.4, 0.5) is 0 Å². The van der Waals surface area contributed by atoms with Crippen molar-refractivity contribution in [2.24, 2.45) is 11.8 Å². The molecule has 122 valence electrons. The van der Waals surface area contributed by atoms with Gasteiger partial charge in [-0.2, -0.15) is 0 Å². The number of carbonyl (C=O) groups is 1. The molecule has 2 rings (SSSR count). The number of carbonyl (C=O) groups excluding carboxylic acids is 1. The van der Waals surface area contributed by atoms with Gasteiger partial charge in [-0.25, -0.2) is 4.79 Å². The van der Waals surface area contributed by atoms with Crippen LogP contribution in [-0.2, 0) is 9.53 Å². The van der Waals surface area contributed by atoms with Crippen molar-refractivity contribution >= 4 is 5.97 Å². The van der Waals surface area contributed by atoms with E-state index in [1.165, 1.54) is 6.92 Å². The molecule has 0 spiro atoms. The molecule has 0 bridgehead atoms. The standard InChI is InChI=1S/C15H27NO5/c1-10(2)15(19,11(3)17)14(18)21-9-12-6-8-16(20)7-4-5-13(12)16/h10-13,17,19H,4-9H2,1-3H3/t11?,12-,13?,15?,16?/m0/s1. The van der Waals surface area contributed by atoms with Gasteiger partial charge in [-0.1, -0.05) is 13.8 Å². The highest BCUT2D eigenvalue weighted by Gasteiger charge is 2.49. The third kappa shape index (κ3) is 2.82. The smallest absolute Gasteiger partial charge is 0.341 e. The molecular weight excluding hydrogens is 274 g/mol. The summed E-state index contributed by atoms with van der Waals surface area (Å²) < 4.78 is 5.12. The molecule has 0 aliphatic carbocycles. The normalized spacial score (nSPS) is 36.3. The fraction of sp³-hybridized carbons (Fsp3) is 0.933. The topological polar surface area (TPSA) is 89.8 Å². The van der Waals surface area contributed by atoms with E-state index in [4.69, 9.17) is 4.74 Å². The Morgan fingerprint density at radius 2 is 2.05 bits per heavy atom. The predicted octanol–water partition coefficient (Wildman–Crippen LogP) is 0.794. The number of hydrogen-bond acceptors (Lipinski definition) is 5. The second kappa shape index (κ2) is 5.83. The Hall–Kier alpha value is -0.690. The minimum Gasteiger partial charge on any atom is -0.633 e. The molecule has 2 aliphatic heterocycles. The van der Waals surface area contributed by atoms with Crippen molar-refractivity contribution in [2.75, 3.05) is 19.7 Å². The zero-order valence-corrected chi connectivity index (χ0v) is 13.1. The maximum Gasteiger partial charge on any atom is 0.341 e. The summed E-state index contributed by atoms with van der Waals surface area (Å²) >= 11 is 0. The van der Waals surface area contributed by atoms with Crippen LogP contribution in [0.1, 0.15) is 40.0 Å². The Morgan fingerprint density at radius 1 is 1.38 bits per heavy atom. The van der Waals surface area contributed by atoms with Crippen LogP contribution in [0.3, 0.4) is 0 Å². The fourth-order valence-electron chi connectivity index (χ4n) is 3.82. The molecule has 0 amide bonds. The number of hydroxylamine groups is 3. The minimum atomic E-state index is -1.89. The molecule has 2 fully saturated rings. The van der Waals surface area contributed by atoms with Crippen LogP contribution in [-0.4, -0.2) is 58.3 Å². The van der Waals surface area contributed by atoms with E-state index in [-0.39, 0.29) is 23.2 Å². The van der Waals surface area contributed by atoms with Crippen LogP contribution < -0.4 is 0 Å². The van der Waals surface area contributed by atoms with Crippen molar-refractivity contribution < 1.29 is 24.4 Å². The van der Waals surface area contributed by atoms with Gasteiger partial charge < -0.3 is 24.8 Å². The predicted molar refractivity (Wildman–Crippen MR) is 76.9 cm³/mol. The van der Waals surface area contributed by atoms with Crippen LogP contribution in [0, 0.1) is 17.0 Å². The Bertz CT molecular complexity index is 390. The van der Waals surface area contributed by atoms with Gasteiger partial charge in [-0.15, -0.1) is 0 Å². The molecule has 0 saturated carbocycles. The number of ether oxygens (including phenoxy) is 1. The van der Waals surface area contributed by atoms with E-state index in [0.29, 0.717) is 13.1 Å². The van der Waals surface area contributed by atoms with Gasteiger partial charge in [0, 0.05) is 19.3 Å². The third-order valence-electron chi connectivity index (χ3n) is 5.34. The third-order valence-corrected chi connectivity index (χ3v) is 5.34. The zero-order chi connectivity index (χ0) is 15.8. The molecule has 4 unspecified atom stereocenters. The first-order chi connectivity index (χ1) is 9.71. The highest BCUT2D eigenvalue weighted by molar-refractivity contribution is 5.80. The largest absolute Gasteiger partial charge is 0.633 e. The van der Waals surface area contributed by atoms with Gasteiger partial charge in [0.2, 0.25) is 0 Å². The fourth-order valence-corrected chi connectivity index (χ4v) is 3.82. The van der Waals surface area contributed by atoms with Crippen LogP contribution >= 0.6 is 0 Å². The number of aliphatic hydroxyl groups excluding tert-OH is 1. The summed E-state index contributed by atoms with van der Waals surface area (Å²) in [4.78, 5) is 12.2. The lowest BCUT2D eigenvalue weighted by molar-refractivity contribution is -0.881. The van der Waals surface area contributed by atoms with Crippen LogP contribution in [0.5, 0.6) is 0 Å². The SMILES string of the molecule is CC(C)C(O)(C(=O)OC[C@@H]1CC[N+]2([O-])CCCC12)C(C)O. The van der Waals surface area contributed by atoms with Gasteiger partial charge in [0.05, 0.1) is 31.2 Å². The van der Waals surface area contributed by atoms with Crippen molar-refractivity contribution in [2.45, 2.75) is 57.8 Å². The summed E-state index contributed by atoms with van der Waals surface area (Å²) in [5.74, 6) is -1.17. The van der Waals surface area contributed by atoms with Crippen molar-refractivity contribution in [3.63, 3.8) is 0 Å². The molecule has 21 heavy (non-hydrogen) atoms. The average molecular weight is 301 g/mol. The molecule has 2 N–H and O–H groups in total. The number of rotatable bonds is 5. The lowest BCUT2D eigenvalue weighted by Crippen LogP contribution is -2.53. The molecule has 0 aromatic carbocycles. The van der Waals surface area contributed by atoms with Gasteiger partial charge in [0.25, 0.3) is 0 Å². The van der Waals surface area contributed by atoms with Gasteiger partial charge in [-0.05, 0) is 12.8 Å². The summed E-state index contributed by atoms with van der Waals surface area (Å²) in [6.45, 7) is 6.14. The molecule has 0 radical (unpaired) electrons. The molecular formula is C15H27NO5. The van der Waals surface area contributed by atoms with E-state index in [0.717, 1.165) is 19.3 Å². The molecule has 0 aromatic heterocycles. The first-order valence-electron chi connectivity index (χ1n) is 7.87. The van der Waals surface area contributed by atoms with Crippen LogP contribution in [0.25, 0.3) is 0 Å². The van der Waals surface area contributed by atoms with Crippen molar-refractivity contribution in [1.82, 2.24) is 0 Å². The van der Waals surface area contributed by atoms with Gasteiger partial charge in [0.1, 0.15) is 6.61 Å². The van der Waals surface area contributed by atoms with E-state index in [9.17, 15) is 20.2 Å². The number of quaternary nitrogens is 1. The second-order valence-corrected chi connectivity index (χ2v) is 6.91. The van der Waals surface area contributed by atoms with Gasteiger partial charge in [0.15, 0.2) is 5.60 Å². The number of aliphatic hydroxyl groups is 2. The molecule has 6 heteroatoms. The van der Waals surface area contributed by atoms with Crippen molar-refractivity contribution in [3.05, 3.63) is 5.21 Å². The summed E-state index contributed by atoms with van der Waals surface area (Å²) in [6.07, 6.45) is 1.38. The van der Waals surface area contributed by atoms with Crippen LogP contribution in [0.2, 0.25) is 0 Å². The number of hydrogen-bond donors (Lipinski definition) is 2. The van der Waals surface area contributed by atoms with E-state index in [2.05, 4.69) is 0 Å². The Kier molecular flexibility index (Phi) is 4.63. The molecule has 2 heterocycles. The van der Waals surface area contributed by atoms with Crippen molar-refractivity contribution in [3.8, 4) is 0 Å². The first-order valence-corrected chi connectivity index (χ1v) is 7.87. The number of nitrogens with zero attached hydrogens (tertiary/aromatic N) is 1. The van der Waals surface area contributed by atoms with E-state index < -0.39 is 23.6 Å². The van der Waals surface area contributed by atoms with E-state index >= 15 is 0 Å². The number of esters is 1. The molecule has 2 saturated heterocycles. The molecule has 0 aromatic rings. The van der Waals surface area contributed by atoms with E-state index in [1.54, 1.807) is 13.8 Å². The molecule has 2 aliphatic rings.